The van der Waals surface area contributed by atoms with Gasteiger partial charge < -0.3 is 5.11 Å². The number of alkyl halides is 1. The van der Waals surface area contributed by atoms with Gasteiger partial charge in [-0.1, -0.05) is 28.1 Å². The van der Waals surface area contributed by atoms with Crippen LogP contribution in [0.25, 0.3) is 6.08 Å². The van der Waals surface area contributed by atoms with Gasteiger partial charge in [0.15, 0.2) is 0 Å². The topological polar surface area (TPSA) is 63.4 Å². The molecule has 86 valence electrons. The number of nitro groups is 1. The second-order valence-corrected chi connectivity index (χ2v) is 4.07. The lowest BCUT2D eigenvalue weighted by Gasteiger charge is -1.98. The number of halogens is 1. The first-order valence-electron chi connectivity index (χ1n) is 4.83. The van der Waals surface area contributed by atoms with E-state index in [0.717, 1.165) is 17.3 Å². The van der Waals surface area contributed by atoms with Gasteiger partial charge in [0.05, 0.1) is 4.92 Å². The third kappa shape index (κ3) is 4.02. The number of hydrogen-bond acceptors (Lipinski definition) is 3. The van der Waals surface area contributed by atoms with Crippen LogP contribution in [0.4, 0.5) is 0 Å². The van der Waals surface area contributed by atoms with Gasteiger partial charge in [-0.2, -0.15) is 0 Å². The zero-order chi connectivity index (χ0) is 12.0. The minimum absolute atomic E-state index is 0.153. The van der Waals surface area contributed by atoms with E-state index in [0.29, 0.717) is 6.42 Å². The molecule has 0 heterocycles. The Labute approximate surface area is 102 Å². The Balaban J connectivity index is 2.84. The van der Waals surface area contributed by atoms with E-state index >= 15 is 0 Å². The van der Waals surface area contributed by atoms with Gasteiger partial charge in [0, 0.05) is 17.8 Å². The maximum atomic E-state index is 10.7. The van der Waals surface area contributed by atoms with Crippen molar-refractivity contribution in [3.63, 3.8) is 0 Å². The van der Waals surface area contributed by atoms with Gasteiger partial charge in [-0.15, -0.1) is 0 Å². The lowest BCUT2D eigenvalue weighted by molar-refractivity contribution is -0.426. The van der Waals surface area contributed by atoms with E-state index in [9.17, 15) is 10.1 Å². The van der Waals surface area contributed by atoms with Crippen LogP contribution in [0.2, 0.25) is 0 Å². The molecule has 1 aromatic carbocycles. The van der Waals surface area contributed by atoms with Gasteiger partial charge >= 0.3 is 0 Å². The van der Waals surface area contributed by atoms with E-state index in [-0.39, 0.29) is 16.4 Å². The molecule has 0 bridgehead atoms. The number of allylic oxidation sites excluding steroid dienone is 1. The number of aromatic hydroxyl groups is 1. The first-order chi connectivity index (χ1) is 7.63. The van der Waals surface area contributed by atoms with Gasteiger partial charge in [0.25, 0.3) is 0 Å². The Kier molecular flexibility index (Phi) is 4.98. The molecule has 0 fully saturated rings. The van der Waals surface area contributed by atoms with Crippen LogP contribution in [-0.2, 0) is 0 Å². The Morgan fingerprint density at radius 2 is 2.06 bits per heavy atom. The largest absolute Gasteiger partial charge is 0.508 e. The number of hydrogen-bond donors (Lipinski definition) is 1. The van der Waals surface area contributed by atoms with Crippen molar-refractivity contribution in [2.45, 2.75) is 12.8 Å². The molecule has 0 saturated carbocycles. The molecule has 16 heavy (non-hydrogen) atoms. The molecule has 4 nitrogen and oxygen atoms in total. The highest BCUT2D eigenvalue weighted by Crippen LogP contribution is 2.15. The zero-order valence-corrected chi connectivity index (χ0v) is 10.2. The molecule has 0 amide bonds. The van der Waals surface area contributed by atoms with E-state index < -0.39 is 0 Å². The molecule has 5 heteroatoms. The fourth-order valence-electron chi connectivity index (χ4n) is 1.23. The van der Waals surface area contributed by atoms with Crippen LogP contribution in [0.15, 0.2) is 30.0 Å². The lowest BCUT2D eigenvalue weighted by atomic mass is 10.1. The highest BCUT2D eigenvalue weighted by Gasteiger charge is 2.09. The van der Waals surface area contributed by atoms with Crippen LogP contribution in [0.3, 0.4) is 0 Å². The number of rotatable bonds is 5. The minimum Gasteiger partial charge on any atom is -0.508 e. The molecule has 1 N–H and O–H groups in total. The summed E-state index contributed by atoms with van der Waals surface area (Å²) in [5.74, 6) is 0.153. The Morgan fingerprint density at radius 3 is 2.56 bits per heavy atom. The summed E-state index contributed by atoms with van der Waals surface area (Å²) in [6, 6.07) is 6.31. The average molecular weight is 286 g/mol. The van der Waals surface area contributed by atoms with E-state index in [1.165, 1.54) is 18.2 Å². The Morgan fingerprint density at radius 1 is 1.44 bits per heavy atom. The predicted molar refractivity (Wildman–Crippen MR) is 66.1 cm³/mol. The molecule has 0 spiro atoms. The third-order valence-electron chi connectivity index (χ3n) is 2.03. The summed E-state index contributed by atoms with van der Waals surface area (Å²) in [4.78, 5) is 10.4. The molecule has 1 aromatic rings. The maximum Gasteiger partial charge on any atom is 0.246 e. The number of nitrogens with zero attached hydrogens (tertiary/aromatic N) is 1. The van der Waals surface area contributed by atoms with E-state index in [4.69, 9.17) is 5.11 Å². The highest BCUT2D eigenvalue weighted by atomic mass is 79.9. The molecule has 0 aliphatic heterocycles. The predicted octanol–water partition coefficient (Wildman–Crippen LogP) is 3.18. The number of benzene rings is 1. The molecule has 0 radical (unpaired) electrons. The number of phenolic OH excluding ortho intramolecular Hbond substituents is 1. The summed E-state index contributed by atoms with van der Waals surface area (Å²) in [6.45, 7) is 0. The van der Waals surface area contributed by atoms with Crippen molar-refractivity contribution in [1.82, 2.24) is 0 Å². The van der Waals surface area contributed by atoms with Crippen LogP contribution >= 0.6 is 15.9 Å². The summed E-state index contributed by atoms with van der Waals surface area (Å²) in [5, 5.41) is 20.6. The molecular formula is C11H12BrNO3. The van der Waals surface area contributed by atoms with Crippen molar-refractivity contribution in [1.29, 1.82) is 0 Å². The molecule has 1 rings (SSSR count). The van der Waals surface area contributed by atoms with Crippen LogP contribution in [0, 0.1) is 10.1 Å². The van der Waals surface area contributed by atoms with E-state index in [1.807, 2.05) is 0 Å². The summed E-state index contributed by atoms with van der Waals surface area (Å²) in [7, 11) is 0. The maximum absolute atomic E-state index is 10.7. The quantitative estimate of drug-likeness (QED) is 0.513. The molecular weight excluding hydrogens is 274 g/mol. The second-order valence-electron chi connectivity index (χ2n) is 3.28. The molecule has 0 unspecified atom stereocenters. The van der Waals surface area contributed by atoms with Crippen molar-refractivity contribution in [2.24, 2.45) is 0 Å². The Bertz CT molecular complexity index is 387. The molecule has 0 aliphatic carbocycles. The van der Waals surface area contributed by atoms with Gasteiger partial charge in [-0.3, -0.25) is 10.1 Å². The standard InChI is InChI=1S/C11H12BrNO3/c12-7-1-2-10(13(15)16)8-9-3-5-11(14)6-4-9/h3-6,8,14H,1-2,7H2/b10-8-. The second kappa shape index (κ2) is 6.27. The van der Waals surface area contributed by atoms with Gasteiger partial charge in [-0.25, -0.2) is 0 Å². The highest BCUT2D eigenvalue weighted by molar-refractivity contribution is 9.09. The summed E-state index contributed by atoms with van der Waals surface area (Å²) in [5.41, 5.74) is 0.907. The summed E-state index contributed by atoms with van der Waals surface area (Å²) >= 11 is 3.24. The van der Waals surface area contributed by atoms with Crippen molar-refractivity contribution in [3.05, 3.63) is 45.6 Å². The molecule has 0 atom stereocenters. The molecule has 0 aliphatic rings. The van der Waals surface area contributed by atoms with Crippen molar-refractivity contribution in [3.8, 4) is 5.75 Å². The lowest BCUT2D eigenvalue weighted by Crippen LogP contribution is -1.98. The van der Waals surface area contributed by atoms with E-state index in [1.54, 1.807) is 12.1 Å². The SMILES string of the molecule is O=[N+]([O-])/C(=C\c1ccc(O)cc1)CCCBr. The van der Waals surface area contributed by atoms with Crippen molar-refractivity contribution >= 4 is 22.0 Å². The van der Waals surface area contributed by atoms with E-state index in [2.05, 4.69) is 15.9 Å². The first kappa shape index (κ1) is 12.7. The normalized spacial score (nSPS) is 11.4. The number of phenols is 1. The monoisotopic (exact) mass is 285 g/mol. The average Bonchev–Trinajstić information content (AvgIpc) is 2.26. The fourth-order valence-corrected chi connectivity index (χ4v) is 1.51. The van der Waals surface area contributed by atoms with Gasteiger partial charge in [0.2, 0.25) is 5.70 Å². The first-order valence-corrected chi connectivity index (χ1v) is 5.95. The van der Waals surface area contributed by atoms with Crippen LogP contribution in [0.5, 0.6) is 5.75 Å². The smallest absolute Gasteiger partial charge is 0.246 e. The van der Waals surface area contributed by atoms with Gasteiger partial charge in [0.1, 0.15) is 5.75 Å². The summed E-state index contributed by atoms with van der Waals surface area (Å²) in [6.07, 6.45) is 2.69. The zero-order valence-electron chi connectivity index (χ0n) is 8.60. The molecule has 0 aromatic heterocycles. The Hall–Kier alpha value is -1.36. The van der Waals surface area contributed by atoms with Crippen molar-refractivity contribution < 1.29 is 10.0 Å². The van der Waals surface area contributed by atoms with Crippen LogP contribution in [0.1, 0.15) is 18.4 Å². The fraction of sp³-hybridized carbons (Fsp3) is 0.273. The van der Waals surface area contributed by atoms with Crippen molar-refractivity contribution in [2.75, 3.05) is 5.33 Å². The summed E-state index contributed by atoms with van der Waals surface area (Å²) < 4.78 is 0. The minimum atomic E-state index is -0.366. The van der Waals surface area contributed by atoms with Crippen LogP contribution in [-0.4, -0.2) is 15.4 Å². The van der Waals surface area contributed by atoms with Crippen LogP contribution < -0.4 is 0 Å². The van der Waals surface area contributed by atoms with Gasteiger partial charge in [-0.05, 0) is 24.1 Å². The molecule has 0 saturated heterocycles. The third-order valence-corrected chi connectivity index (χ3v) is 2.59.